The number of aromatic nitrogens is 2. The number of benzene rings is 1. The van der Waals surface area contributed by atoms with Crippen molar-refractivity contribution in [2.24, 2.45) is 10.2 Å². The minimum absolute atomic E-state index is 0.226. The number of carbonyl (C=O) groups excluding carboxylic acids is 1. The number of hydrogen-bond donors (Lipinski definition) is 2. The molecule has 0 aliphatic rings. The number of azo groups is 1. The minimum Gasteiger partial charge on any atom is -0.494 e. The molecule has 0 bridgehead atoms. The summed E-state index contributed by atoms with van der Waals surface area (Å²) >= 11 is 0. The highest BCUT2D eigenvalue weighted by Gasteiger charge is 2.27. The number of nitrogens with zero attached hydrogens (tertiary/aromatic N) is 6. The minimum atomic E-state index is -0.342. The number of hydrogen-bond acceptors (Lipinski definition) is 8. The smallest absolute Gasteiger partial charge is 0.221 e. The van der Waals surface area contributed by atoms with Crippen LogP contribution in [0.3, 0.4) is 0 Å². The summed E-state index contributed by atoms with van der Waals surface area (Å²) < 4.78 is 7.30. The molecule has 1 heterocycles. The summed E-state index contributed by atoms with van der Waals surface area (Å²) in [6.45, 7) is 14.2. The van der Waals surface area contributed by atoms with Crippen molar-refractivity contribution in [1.82, 2.24) is 14.9 Å². The molecule has 184 valence electrons. The summed E-state index contributed by atoms with van der Waals surface area (Å²) in [4.78, 5) is 14.0. The van der Waals surface area contributed by atoms with Crippen molar-refractivity contribution in [1.29, 1.82) is 5.26 Å². The zero-order valence-electron chi connectivity index (χ0n) is 21.1. The summed E-state index contributed by atoms with van der Waals surface area (Å²) in [7, 11) is 4.04. The van der Waals surface area contributed by atoms with Gasteiger partial charge in [-0.05, 0) is 19.9 Å². The molecule has 0 saturated carbocycles. The number of nitrogens with one attached hydrogen (secondary N) is 2. The molecular weight excluding hydrogens is 451 g/mol. The molecular formula is C23H35N8O2P. The molecule has 10 nitrogen and oxygen atoms in total. The van der Waals surface area contributed by atoms with Crippen molar-refractivity contribution < 1.29 is 9.53 Å². The Labute approximate surface area is 204 Å². The van der Waals surface area contributed by atoms with E-state index in [-0.39, 0.29) is 11.3 Å². The highest BCUT2D eigenvalue weighted by Crippen LogP contribution is 2.40. The maximum atomic E-state index is 11.9. The predicted octanol–water partition coefficient (Wildman–Crippen LogP) is 4.66. The fraction of sp³-hybridized carbons (Fsp3) is 0.522. The first-order chi connectivity index (χ1) is 16.1. The van der Waals surface area contributed by atoms with E-state index < -0.39 is 0 Å². The first-order valence-corrected chi connectivity index (χ1v) is 11.8. The molecule has 2 N–H and O–H groups in total. The zero-order valence-corrected chi connectivity index (χ0v) is 22.2. The van der Waals surface area contributed by atoms with Crippen LogP contribution >= 0.6 is 9.39 Å². The Balaban J connectivity index is 2.68. The van der Waals surface area contributed by atoms with Crippen LogP contribution in [0.1, 0.15) is 52.8 Å². The molecule has 0 saturated heterocycles. The van der Waals surface area contributed by atoms with Gasteiger partial charge in [0, 0.05) is 38.0 Å². The number of carbonyl (C=O) groups is 1. The van der Waals surface area contributed by atoms with Crippen LogP contribution in [0.4, 0.5) is 22.9 Å². The molecule has 1 aromatic carbocycles. The van der Waals surface area contributed by atoms with Crippen LogP contribution in [0.2, 0.25) is 0 Å². The molecule has 2 aromatic rings. The average molecular weight is 487 g/mol. The fourth-order valence-electron chi connectivity index (χ4n) is 3.52. The van der Waals surface area contributed by atoms with Gasteiger partial charge in [0.1, 0.15) is 23.1 Å². The molecule has 34 heavy (non-hydrogen) atoms. The number of nitriles is 1. The molecule has 0 aliphatic carbocycles. The van der Waals surface area contributed by atoms with Gasteiger partial charge in [0.15, 0.2) is 5.82 Å². The summed E-state index contributed by atoms with van der Waals surface area (Å²) in [5.41, 5.74) is 2.47. The van der Waals surface area contributed by atoms with Crippen LogP contribution < -0.4 is 20.0 Å². The van der Waals surface area contributed by atoms with Crippen molar-refractivity contribution >= 4 is 38.2 Å². The van der Waals surface area contributed by atoms with Gasteiger partial charge >= 0.3 is 0 Å². The lowest BCUT2D eigenvalue weighted by Gasteiger charge is -2.24. The Morgan fingerprint density at radius 2 is 1.97 bits per heavy atom. The number of amides is 1. The van der Waals surface area contributed by atoms with Gasteiger partial charge in [-0.25, -0.2) is 4.68 Å². The quantitative estimate of drug-likeness (QED) is 0.372. The van der Waals surface area contributed by atoms with Crippen molar-refractivity contribution in [3.63, 3.8) is 0 Å². The van der Waals surface area contributed by atoms with E-state index in [2.05, 4.69) is 59.9 Å². The lowest BCUT2D eigenvalue weighted by molar-refractivity contribution is -0.114. The Hall–Kier alpha value is -3.02. The second-order valence-electron chi connectivity index (χ2n) is 8.68. The lowest BCUT2D eigenvalue weighted by atomic mass is 9.90. The third-order valence-electron chi connectivity index (χ3n) is 5.18. The topological polar surface area (TPSA) is 120 Å². The van der Waals surface area contributed by atoms with Gasteiger partial charge in [0.2, 0.25) is 5.91 Å². The third-order valence-corrected chi connectivity index (χ3v) is 5.47. The number of rotatable bonds is 10. The highest BCUT2D eigenvalue weighted by atomic mass is 31.0. The zero-order chi connectivity index (χ0) is 25.5. The third kappa shape index (κ3) is 6.31. The molecule has 11 heteroatoms. The van der Waals surface area contributed by atoms with Crippen LogP contribution in [0.5, 0.6) is 5.75 Å². The molecule has 1 aromatic heterocycles. The van der Waals surface area contributed by atoms with E-state index in [1.807, 2.05) is 26.8 Å². The molecule has 1 amide bonds. The van der Waals surface area contributed by atoms with E-state index >= 15 is 0 Å². The maximum absolute atomic E-state index is 11.9. The molecule has 2 rings (SSSR count). The van der Waals surface area contributed by atoms with E-state index in [0.717, 1.165) is 18.8 Å². The average Bonchev–Trinajstić information content (AvgIpc) is 3.15. The fourth-order valence-corrected chi connectivity index (χ4v) is 3.64. The largest absolute Gasteiger partial charge is 0.494 e. The van der Waals surface area contributed by atoms with E-state index in [4.69, 9.17) is 4.74 Å². The van der Waals surface area contributed by atoms with Gasteiger partial charge < -0.3 is 15.0 Å². The predicted molar refractivity (Wildman–Crippen MR) is 138 cm³/mol. The maximum Gasteiger partial charge on any atom is 0.221 e. The molecule has 0 fully saturated rings. The van der Waals surface area contributed by atoms with E-state index in [1.165, 1.54) is 6.92 Å². The van der Waals surface area contributed by atoms with Crippen LogP contribution in [0.25, 0.3) is 0 Å². The summed E-state index contributed by atoms with van der Waals surface area (Å²) in [6.07, 6.45) is 0. The van der Waals surface area contributed by atoms with Crippen molar-refractivity contribution in [2.45, 2.75) is 53.5 Å². The number of methoxy groups -OCH3 is 1. The van der Waals surface area contributed by atoms with Crippen LogP contribution in [0.15, 0.2) is 22.4 Å². The van der Waals surface area contributed by atoms with Gasteiger partial charge in [-0.1, -0.05) is 30.2 Å². The van der Waals surface area contributed by atoms with Gasteiger partial charge in [-0.15, -0.1) is 10.2 Å². The van der Waals surface area contributed by atoms with Gasteiger partial charge in [-0.2, -0.15) is 10.4 Å². The second-order valence-corrected chi connectivity index (χ2v) is 9.09. The highest BCUT2D eigenvalue weighted by molar-refractivity contribution is 7.13. The normalized spacial score (nSPS) is 11.5. The number of anilines is 2. The first-order valence-electron chi connectivity index (χ1n) is 11.2. The van der Waals surface area contributed by atoms with Crippen LogP contribution in [-0.2, 0) is 16.8 Å². The van der Waals surface area contributed by atoms with E-state index in [0.29, 0.717) is 47.3 Å². The van der Waals surface area contributed by atoms with Crippen LogP contribution in [0, 0.1) is 11.3 Å². The van der Waals surface area contributed by atoms with Crippen LogP contribution in [-0.4, -0.2) is 42.4 Å². The first kappa shape index (κ1) is 27.2. The van der Waals surface area contributed by atoms with Gasteiger partial charge in [-0.3, -0.25) is 9.88 Å². The Morgan fingerprint density at radius 3 is 2.47 bits per heavy atom. The Bertz CT molecular complexity index is 1080. The standard InChI is InChI=1S/C23H35N8O2P/c1-8-30(9-2)19-12-17(26-15(3)32)18(13-20(19)33-7)27-28-22-16(14-24)21(23(4,5)6)29-31(22)11-10-25-34/h12-13,25H,8-11,34H2,1-7H3,(H,26,32). The van der Waals surface area contributed by atoms with Crippen molar-refractivity contribution in [3.05, 3.63) is 23.4 Å². The Morgan fingerprint density at radius 1 is 1.29 bits per heavy atom. The molecule has 0 spiro atoms. The SMILES string of the molecule is CCN(CC)c1cc(NC(C)=O)c(N=Nc2c(C#N)c(C(C)(C)C)nn2CCNP)cc1OC. The molecule has 1 unspecified atom stereocenters. The Kier molecular flexibility index (Phi) is 9.54. The van der Waals surface area contributed by atoms with Gasteiger partial charge in [0.05, 0.1) is 30.7 Å². The lowest BCUT2D eigenvalue weighted by Crippen LogP contribution is -2.22. The molecule has 0 radical (unpaired) electrons. The van der Waals surface area contributed by atoms with E-state index in [9.17, 15) is 10.1 Å². The second kappa shape index (κ2) is 11.9. The summed E-state index contributed by atoms with van der Waals surface area (Å²) in [6, 6.07) is 5.83. The van der Waals surface area contributed by atoms with E-state index in [1.54, 1.807) is 17.9 Å². The summed E-state index contributed by atoms with van der Waals surface area (Å²) in [5.74, 6) is 0.757. The van der Waals surface area contributed by atoms with Crippen molar-refractivity contribution in [3.8, 4) is 11.8 Å². The van der Waals surface area contributed by atoms with Gasteiger partial charge in [0.25, 0.3) is 0 Å². The van der Waals surface area contributed by atoms with Crippen molar-refractivity contribution in [2.75, 3.05) is 37.0 Å². The molecule has 0 aliphatic heterocycles. The molecule has 1 atom stereocenters. The summed E-state index contributed by atoms with van der Waals surface area (Å²) in [5, 5.41) is 29.3. The number of ether oxygens (including phenoxy) is 1. The monoisotopic (exact) mass is 486 g/mol.